The quantitative estimate of drug-likeness (QED) is 0.733. The summed E-state index contributed by atoms with van der Waals surface area (Å²) >= 11 is 2.22. The van der Waals surface area contributed by atoms with Gasteiger partial charge in [-0.25, -0.2) is 0 Å². The number of hydrogen-bond acceptors (Lipinski definition) is 1. The lowest BCUT2D eigenvalue weighted by Crippen LogP contribution is -1.72. The summed E-state index contributed by atoms with van der Waals surface area (Å²) in [5.74, 6) is 0. The Balaban J connectivity index is 2.77. The molecule has 1 N–H and O–H groups in total. The van der Waals surface area contributed by atoms with E-state index >= 15 is 0 Å². The SMILES string of the molecule is N#Cc1ccc2[nH]c(I)cc2c1. The Labute approximate surface area is 83.3 Å². The maximum atomic E-state index is 8.64. The average Bonchev–Trinajstić information content (AvgIpc) is 2.43. The maximum absolute atomic E-state index is 8.64. The molecule has 0 aliphatic heterocycles. The number of nitrogens with one attached hydrogen (secondary N) is 1. The van der Waals surface area contributed by atoms with E-state index < -0.39 is 0 Å². The molecule has 0 fully saturated rings. The minimum atomic E-state index is 0.706. The van der Waals surface area contributed by atoms with Crippen molar-refractivity contribution < 1.29 is 0 Å². The highest BCUT2D eigenvalue weighted by Crippen LogP contribution is 2.17. The van der Waals surface area contributed by atoms with Crippen LogP contribution in [0.5, 0.6) is 0 Å². The number of nitrogens with zero attached hydrogens (tertiary/aromatic N) is 1. The van der Waals surface area contributed by atoms with Gasteiger partial charge in [0.25, 0.3) is 0 Å². The molecule has 0 saturated carbocycles. The van der Waals surface area contributed by atoms with E-state index in [2.05, 4.69) is 33.6 Å². The standard InChI is InChI=1S/C9H5IN2/c10-9-4-7-3-6(5-11)1-2-8(7)12-9/h1-4,12H. The van der Waals surface area contributed by atoms with Gasteiger partial charge in [-0.3, -0.25) is 0 Å². The Kier molecular flexibility index (Phi) is 1.77. The number of halogens is 1. The van der Waals surface area contributed by atoms with Crippen LogP contribution in [0.1, 0.15) is 5.56 Å². The first-order valence-electron chi connectivity index (χ1n) is 3.48. The summed E-state index contributed by atoms with van der Waals surface area (Å²) in [4.78, 5) is 3.19. The van der Waals surface area contributed by atoms with Crippen LogP contribution in [0.2, 0.25) is 0 Å². The van der Waals surface area contributed by atoms with Crippen molar-refractivity contribution in [3.63, 3.8) is 0 Å². The Morgan fingerprint density at radius 1 is 1.33 bits per heavy atom. The highest BCUT2D eigenvalue weighted by Gasteiger charge is 1.98. The van der Waals surface area contributed by atoms with Gasteiger partial charge in [0.2, 0.25) is 0 Å². The zero-order valence-corrected chi connectivity index (χ0v) is 8.29. The molecule has 0 atom stereocenters. The van der Waals surface area contributed by atoms with Crippen molar-refractivity contribution in [2.75, 3.05) is 0 Å². The molecule has 12 heavy (non-hydrogen) atoms. The summed E-state index contributed by atoms with van der Waals surface area (Å²) in [5, 5.41) is 9.74. The molecule has 2 rings (SSSR count). The number of hydrogen-bond donors (Lipinski definition) is 1. The van der Waals surface area contributed by atoms with E-state index in [9.17, 15) is 0 Å². The van der Waals surface area contributed by atoms with Crippen molar-refractivity contribution in [3.8, 4) is 6.07 Å². The van der Waals surface area contributed by atoms with Crippen molar-refractivity contribution in [2.45, 2.75) is 0 Å². The summed E-state index contributed by atoms with van der Waals surface area (Å²) in [6.45, 7) is 0. The van der Waals surface area contributed by atoms with Crippen LogP contribution in [0.4, 0.5) is 0 Å². The Morgan fingerprint density at radius 2 is 2.17 bits per heavy atom. The highest BCUT2D eigenvalue weighted by molar-refractivity contribution is 14.1. The molecular weight excluding hydrogens is 263 g/mol. The van der Waals surface area contributed by atoms with E-state index in [4.69, 9.17) is 5.26 Å². The van der Waals surface area contributed by atoms with Gasteiger partial charge in [-0.2, -0.15) is 5.26 Å². The van der Waals surface area contributed by atoms with Gasteiger partial charge in [-0.1, -0.05) is 0 Å². The topological polar surface area (TPSA) is 39.6 Å². The minimum absolute atomic E-state index is 0.706. The van der Waals surface area contributed by atoms with Gasteiger partial charge >= 0.3 is 0 Å². The van der Waals surface area contributed by atoms with Crippen LogP contribution in [0, 0.1) is 15.0 Å². The predicted octanol–water partition coefficient (Wildman–Crippen LogP) is 2.64. The monoisotopic (exact) mass is 268 g/mol. The second-order valence-electron chi connectivity index (χ2n) is 2.53. The fourth-order valence-electron chi connectivity index (χ4n) is 1.17. The van der Waals surface area contributed by atoms with Crippen molar-refractivity contribution in [2.24, 2.45) is 0 Å². The highest BCUT2D eigenvalue weighted by atomic mass is 127. The van der Waals surface area contributed by atoms with E-state index in [1.165, 1.54) is 0 Å². The summed E-state index contributed by atoms with van der Waals surface area (Å²) in [7, 11) is 0. The smallest absolute Gasteiger partial charge is 0.0991 e. The zero-order valence-electron chi connectivity index (χ0n) is 6.13. The third-order valence-corrected chi connectivity index (χ3v) is 2.30. The third-order valence-electron chi connectivity index (χ3n) is 1.72. The van der Waals surface area contributed by atoms with Crippen LogP contribution < -0.4 is 0 Å². The molecule has 0 bridgehead atoms. The van der Waals surface area contributed by atoms with Crippen LogP contribution in [0.25, 0.3) is 10.9 Å². The van der Waals surface area contributed by atoms with E-state index in [1.54, 1.807) is 0 Å². The zero-order chi connectivity index (χ0) is 8.55. The molecule has 0 unspecified atom stereocenters. The van der Waals surface area contributed by atoms with Crippen molar-refractivity contribution in [3.05, 3.63) is 33.5 Å². The number of H-pyrrole nitrogens is 1. The molecule has 0 amide bonds. The normalized spacial score (nSPS) is 10.0. The van der Waals surface area contributed by atoms with Crippen LogP contribution >= 0.6 is 22.6 Å². The summed E-state index contributed by atoms with van der Waals surface area (Å²) in [6.07, 6.45) is 0. The van der Waals surface area contributed by atoms with Crippen molar-refractivity contribution in [1.82, 2.24) is 4.98 Å². The first-order valence-corrected chi connectivity index (χ1v) is 4.56. The van der Waals surface area contributed by atoms with Crippen LogP contribution in [-0.2, 0) is 0 Å². The van der Waals surface area contributed by atoms with E-state index in [-0.39, 0.29) is 0 Å². The first kappa shape index (κ1) is 7.62. The van der Waals surface area contributed by atoms with Gasteiger partial charge in [0, 0.05) is 10.9 Å². The average molecular weight is 268 g/mol. The molecule has 1 aromatic carbocycles. The van der Waals surface area contributed by atoms with Crippen molar-refractivity contribution >= 4 is 33.5 Å². The maximum Gasteiger partial charge on any atom is 0.0991 e. The molecule has 58 valence electrons. The number of fused-ring (bicyclic) bond motifs is 1. The number of aromatic amines is 1. The van der Waals surface area contributed by atoms with Crippen LogP contribution in [0.15, 0.2) is 24.3 Å². The lowest BCUT2D eigenvalue weighted by atomic mass is 10.2. The second-order valence-corrected chi connectivity index (χ2v) is 3.69. The van der Waals surface area contributed by atoms with E-state index in [0.717, 1.165) is 14.6 Å². The molecule has 2 nitrogen and oxygen atoms in total. The van der Waals surface area contributed by atoms with Gasteiger partial charge in [-0.05, 0) is 46.9 Å². The van der Waals surface area contributed by atoms with Gasteiger partial charge < -0.3 is 4.98 Å². The number of nitriles is 1. The summed E-state index contributed by atoms with van der Waals surface area (Å²) < 4.78 is 1.10. The van der Waals surface area contributed by atoms with Gasteiger partial charge in [-0.15, -0.1) is 0 Å². The fourth-order valence-corrected chi connectivity index (χ4v) is 1.79. The predicted molar refractivity (Wildman–Crippen MR) is 55.7 cm³/mol. The largest absolute Gasteiger partial charge is 0.350 e. The van der Waals surface area contributed by atoms with Crippen LogP contribution in [-0.4, -0.2) is 4.98 Å². The summed E-state index contributed by atoms with van der Waals surface area (Å²) in [6, 6.07) is 9.76. The minimum Gasteiger partial charge on any atom is -0.350 e. The molecule has 1 aromatic heterocycles. The second kappa shape index (κ2) is 2.79. The Bertz CT molecular complexity index is 465. The number of benzene rings is 1. The summed E-state index contributed by atoms with van der Waals surface area (Å²) in [5.41, 5.74) is 1.79. The van der Waals surface area contributed by atoms with Crippen molar-refractivity contribution in [1.29, 1.82) is 5.26 Å². The fraction of sp³-hybridized carbons (Fsp3) is 0. The number of rotatable bonds is 0. The molecule has 0 spiro atoms. The van der Waals surface area contributed by atoms with Gasteiger partial charge in [0.1, 0.15) is 0 Å². The van der Waals surface area contributed by atoms with Gasteiger partial charge in [0.05, 0.1) is 15.3 Å². The molecule has 0 aliphatic carbocycles. The molecule has 0 saturated heterocycles. The lowest BCUT2D eigenvalue weighted by molar-refractivity contribution is 1.41. The Morgan fingerprint density at radius 3 is 2.92 bits per heavy atom. The molecule has 0 radical (unpaired) electrons. The molecule has 0 aliphatic rings. The molecule has 3 heteroatoms. The van der Waals surface area contributed by atoms with E-state index in [0.29, 0.717) is 5.56 Å². The lowest BCUT2D eigenvalue weighted by Gasteiger charge is -1.88. The molecular formula is C9H5IN2. The number of aromatic nitrogens is 1. The molecule has 1 heterocycles. The van der Waals surface area contributed by atoms with E-state index in [1.807, 2.05) is 24.3 Å². The van der Waals surface area contributed by atoms with Crippen LogP contribution in [0.3, 0.4) is 0 Å². The van der Waals surface area contributed by atoms with Gasteiger partial charge in [0.15, 0.2) is 0 Å². The Hall–Kier alpha value is -1.02. The first-order chi connectivity index (χ1) is 5.79. The molecule has 2 aromatic rings. The third kappa shape index (κ3) is 1.18.